The Bertz CT molecular complexity index is 3480. The molecule has 7 heteroatoms. The average Bonchev–Trinajstić information content (AvgIpc) is 3.77. The number of fused-ring (bicyclic) bond motifs is 6. The van der Waals surface area contributed by atoms with Crippen LogP contribution in [0.1, 0.15) is 27.8 Å². The summed E-state index contributed by atoms with van der Waals surface area (Å²) in [5, 5.41) is 25.5. The number of benzene rings is 8. The monoisotopic (exact) mass is 782 g/mol. The Hall–Kier alpha value is -7.87. The largest absolute Gasteiger partial charge is 0.417 e. The number of nitrogens with zero attached hydrogens (tertiary/aromatic N) is 4. The molecule has 0 fully saturated rings. The lowest BCUT2D eigenvalue weighted by atomic mass is 9.90. The molecule has 0 unspecified atom stereocenters. The number of para-hydroxylation sites is 2. The second-order valence-electron chi connectivity index (χ2n) is 15.2. The van der Waals surface area contributed by atoms with Gasteiger partial charge >= 0.3 is 6.18 Å². The summed E-state index contributed by atoms with van der Waals surface area (Å²) in [5.41, 5.74) is 9.10. The smallest absolute Gasteiger partial charge is 0.308 e. The topological polar surface area (TPSA) is 57.4 Å². The highest BCUT2D eigenvalue weighted by atomic mass is 19.4. The predicted octanol–water partition coefficient (Wildman–Crippen LogP) is 14.3. The van der Waals surface area contributed by atoms with Gasteiger partial charge in [-0.1, -0.05) is 120 Å². The summed E-state index contributed by atoms with van der Waals surface area (Å²) in [7, 11) is 0. The first-order chi connectivity index (χ1) is 29.1. The van der Waals surface area contributed by atoms with Gasteiger partial charge in [0.25, 0.3) is 0 Å². The molecule has 0 aliphatic carbocycles. The van der Waals surface area contributed by atoms with Gasteiger partial charge in [0.2, 0.25) is 0 Å². The van der Waals surface area contributed by atoms with Crippen LogP contribution in [0.15, 0.2) is 164 Å². The van der Waals surface area contributed by atoms with E-state index in [1.807, 2.05) is 107 Å². The van der Waals surface area contributed by atoms with Gasteiger partial charge in [0.15, 0.2) is 0 Å². The van der Waals surface area contributed by atoms with Crippen molar-refractivity contribution in [2.24, 2.45) is 0 Å². The second-order valence-corrected chi connectivity index (χ2v) is 15.2. The molecule has 2 heterocycles. The zero-order valence-corrected chi connectivity index (χ0v) is 32.5. The lowest BCUT2D eigenvalue weighted by molar-refractivity contribution is -0.137. The minimum atomic E-state index is -4.80. The minimum absolute atomic E-state index is 0.118. The summed E-state index contributed by atoms with van der Waals surface area (Å²) in [6, 6.07) is 56.1. The highest BCUT2D eigenvalue weighted by molar-refractivity contribution is 6.13. The van der Waals surface area contributed by atoms with Crippen LogP contribution in [0.3, 0.4) is 0 Å². The molecular weight excluding hydrogens is 750 g/mol. The van der Waals surface area contributed by atoms with Gasteiger partial charge in [-0.3, -0.25) is 0 Å². The maximum absolute atomic E-state index is 15.1. The SMILES string of the molecule is Cc1cccc(-c2ccc3c(c2)c2ccccc2n3-c2ccc(-c3c(C#N)cccc3C(F)(F)F)c(-n3c4ccccc4c4cc(-c5cccc(C)c5)ccc43)c2C#N)c1. The van der Waals surface area contributed by atoms with Gasteiger partial charge in [-0.05, 0) is 90.7 Å². The van der Waals surface area contributed by atoms with Crippen LogP contribution in [0.5, 0.6) is 0 Å². The van der Waals surface area contributed by atoms with E-state index < -0.39 is 11.7 Å². The van der Waals surface area contributed by atoms with E-state index in [0.717, 1.165) is 72.0 Å². The van der Waals surface area contributed by atoms with E-state index in [4.69, 9.17) is 0 Å². The van der Waals surface area contributed by atoms with Crippen LogP contribution in [0, 0.1) is 36.5 Å². The number of alkyl halides is 3. The molecule has 0 saturated carbocycles. The van der Waals surface area contributed by atoms with E-state index in [0.29, 0.717) is 16.7 Å². The normalized spacial score (nSPS) is 11.7. The van der Waals surface area contributed by atoms with Gasteiger partial charge in [-0.15, -0.1) is 0 Å². The Morgan fingerprint density at radius 3 is 1.53 bits per heavy atom. The Morgan fingerprint density at radius 2 is 0.983 bits per heavy atom. The number of halogens is 3. The van der Waals surface area contributed by atoms with Crippen LogP contribution in [-0.4, -0.2) is 9.13 Å². The third kappa shape index (κ3) is 5.74. The molecule has 0 saturated heterocycles. The van der Waals surface area contributed by atoms with Crippen LogP contribution in [0.2, 0.25) is 0 Å². The summed E-state index contributed by atoms with van der Waals surface area (Å²) >= 11 is 0. The molecule has 0 bridgehead atoms. The molecule has 0 spiro atoms. The minimum Gasteiger partial charge on any atom is -0.308 e. The molecule has 0 aliphatic heterocycles. The zero-order valence-electron chi connectivity index (χ0n) is 32.5. The van der Waals surface area contributed by atoms with Crippen LogP contribution < -0.4 is 0 Å². The third-order valence-corrected chi connectivity index (χ3v) is 11.5. The van der Waals surface area contributed by atoms with E-state index in [2.05, 4.69) is 61.5 Å². The van der Waals surface area contributed by atoms with Gasteiger partial charge in [0, 0.05) is 32.7 Å². The van der Waals surface area contributed by atoms with Crippen LogP contribution in [0.25, 0.3) is 88.4 Å². The molecule has 0 N–H and O–H groups in total. The van der Waals surface area contributed by atoms with E-state index in [9.17, 15) is 10.5 Å². The Morgan fingerprint density at radius 1 is 0.467 bits per heavy atom. The van der Waals surface area contributed by atoms with Gasteiger partial charge in [0.05, 0.1) is 50.6 Å². The summed E-state index contributed by atoms with van der Waals surface area (Å²) in [6.45, 7) is 4.10. The zero-order chi connectivity index (χ0) is 41.3. The van der Waals surface area contributed by atoms with Crippen molar-refractivity contribution < 1.29 is 13.2 Å². The molecule has 10 aromatic rings. The van der Waals surface area contributed by atoms with E-state index in [1.165, 1.54) is 12.1 Å². The Labute approximate surface area is 343 Å². The summed E-state index contributed by atoms with van der Waals surface area (Å²) in [6.07, 6.45) is -4.80. The van der Waals surface area contributed by atoms with Crippen molar-refractivity contribution in [1.82, 2.24) is 9.13 Å². The lowest BCUT2D eigenvalue weighted by Gasteiger charge is -2.22. The maximum atomic E-state index is 15.1. The number of aryl methyl sites for hydroxylation is 2. The van der Waals surface area contributed by atoms with Crippen molar-refractivity contribution in [2.45, 2.75) is 20.0 Å². The summed E-state index contributed by atoms with van der Waals surface area (Å²) < 4.78 is 49.2. The number of aromatic nitrogens is 2. The van der Waals surface area contributed by atoms with Crippen molar-refractivity contribution in [3.63, 3.8) is 0 Å². The van der Waals surface area contributed by atoms with Gasteiger partial charge < -0.3 is 9.13 Å². The van der Waals surface area contributed by atoms with Gasteiger partial charge in [0.1, 0.15) is 11.6 Å². The standard InChI is InChI=1S/C53H33F3N4/c1-32-10-7-12-34(26-32)36-20-23-48-42(28-36)39-15-3-5-18-46(39)59(48)50-25-22-41(51-38(30-57)14-9-17-45(51)53(54,55)56)52(44(50)31-58)60-47-19-6-4-16-40(47)43-29-37(21-24-49(43)60)35-13-8-11-33(2)27-35/h3-29H,1-2H3. The summed E-state index contributed by atoms with van der Waals surface area (Å²) in [4.78, 5) is 0. The Balaban J connectivity index is 1.34. The van der Waals surface area contributed by atoms with Gasteiger partial charge in [-0.25, -0.2) is 0 Å². The van der Waals surface area contributed by atoms with Crippen molar-refractivity contribution in [3.05, 3.63) is 192 Å². The molecule has 0 aliphatic rings. The fourth-order valence-corrected chi connectivity index (χ4v) is 8.94. The van der Waals surface area contributed by atoms with Crippen molar-refractivity contribution in [3.8, 4) is 56.9 Å². The molecule has 8 aromatic carbocycles. The fraction of sp³-hybridized carbons (Fsp3) is 0.0566. The Kier molecular flexibility index (Phi) is 8.45. The highest BCUT2D eigenvalue weighted by Crippen LogP contribution is 2.46. The van der Waals surface area contributed by atoms with Crippen LogP contribution in [0.4, 0.5) is 13.2 Å². The van der Waals surface area contributed by atoms with E-state index >= 15 is 13.2 Å². The van der Waals surface area contributed by atoms with E-state index in [1.54, 1.807) is 12.1 Å². The molecule has 4 nitrogen and oxygen atoms in total. The van der Waals surface area contributed by atoms with Crippen molar-refractivity contribution in [2.75, 3.05) is 0 Å². The quantitative estimate of drug-likeness (QED) is 0.175. The van der Waals surface area contributed by atoms with E-state index in [-0.39, 0.29) is 27.9 Å². The first-order valence-corrected chi connectivity index (χ1v) is 19.5. The maximum Gasteiger partial charge on any atom is 0.417 e. The molecule has 60 heavy (non-hydrogen) atoms. The first-order valence-electron chi connectivity index (χ1n) is 19.5. The second kappa shape index (κ2) is 13.9. The lowest BCUT2D eigenvalue weighted by Crippen LogP contribution is -2.11. The van der Waals surface area contributed by atoms with Crippen molar-refractivity contribution >= 4 is 43.6 Å². The highest BCUT2D eigenvalue weighted by Gasteiger charge is 2.36. The molecular formula is C53H33F3N4. The molecule has 0 amide bonds. The molecule has 0 atom stereocenters. The first kappa shape index (κ1) is 36.5. The third-order valence-electron chi connectivity index (χ3n) is 11.5. The van der Waals surface area contributed by atoms with Gasteiger partial charge in [-0.2, -0.15) is 23.7 Å². The predicted molar refractivity (Wildman–Crippen MR) is 235 cm³/mol. The fourth-order valence-electron chi connectivity index (χ4n) is 8.94. The molecule has 0 radical (unpaired) electrons. The van der Waals surface area contributed by atoms with Crippen LogP contribution >= 0.6 is 0 Å². The number of hydrogen-bond acceptors (Lipinski definition) is 2. The summed E-state index contributed by atoms with van der Waals surface area (Å²) in [5.74, 6) is 0. The molecule has 10 rings (SSSR count). The van der Waals surface area contributed by atoms with Crippen molar-refractivity contribution in [1.29, 1.82) is 10.5 Å². The number of hydrogen-bond donors (Lipinski definition) is 0. The van der Waals surface area contributed by atoms with Crippen LogP contribution in [-0.2, 0) is 6.18 Å². The average molecular weight is 783 g/mol. The molecule has 286 valence electrons. The molecule has 2 aromatic heterocycles. The number of nitriles is 2. The number of rotatable bonds is 5.